The number of carboxylic acid groups (broad SMARTS) is 1. The van der Waals surface area contributed by atoms with Crippen molar-refractivity contribution in [1.82, 2.24) is 5.32 Å². The lowest BCUT2D eigenvalue weighted by atomic mass is 10.0. The van der Waals surface area contributed by atoms with Crippen LogP contribution in [0.3, 0.4) is 0 Å². The van der Waals surface area contributed by atoms with Gasteiger partial charge in [-0.05, 0) is 25.8 Å². The molecule has 0 aliphatic heterocycles. The first kappa shape index (κ1) is 13.7. The van der Waals surface area contributed by atoms with Gasteiger partial charge in [0.05, 0.1) is 0 Å². The van der Waals surface area contributed by atoms with E-state index >= 15 is 0 Å². The molecule has 17 heavy (non-hydrogen) atoms. The maximum Gasteiger partial charge on any atom is 0.320 e. The van der Waals surface area contributed by atoms with Gasteiger partial charge in [0.25, 0.3) is 0 Å². The van der Waals surface area contributed by atoms with Crippen molar-refractivity contribution in [3.63, 3.8) is 0 Å². The van der Waals surface area contributed by atoms with Gasteiger partial charge in [0.15, 0.2) is 0 Å². The molecule has 0 saturated carbocycles. The Labute approximate surface area is 103 Å². The van der Waals surface area contributed by atoms with E-state index in [1.54, 1.807) is 0 Å². The van der Waals surface area contributed by atoms with Crippen molar-refractivity contribution in [2.75, 3.05) is 0 Å². The zero-order valence-electron chi connectivity index (χ0n) is 10.7. The Hall–Kier alpha value is -1.35. The lowest BCUT2D eigenvalue weighted by Crippen LogP contribution is -2.38. The molecule has 1 aromatic rings. The van der Waals surface area contributed by atoms with Crippen molar-refractivity contribution in [2.24, 2.45) is 0 Å². The molecule has 3 heteroatoms. The number of hydrogen-bond donors (Lipinski definition) is 2. The molecular formula is C14H21NO2. The van der Waals surface area contributed by atoms with Gasteiger partial charge >= 0.3 is 5.97 Å². The van der Waals surface area contributed by atoms with E-state index in [9.17, 15) is 4.79 Å². The highest BCUT2D eigenvalue weighted by atomic mass is 16.4. The number of nitrogens with one attached hydrogen (secondary N) is 1. The Morgan fingerprint density at radius 1 is 1.35 bits per heavy atom. The average molecular weight is 235 g/mol. The lowest BCUT2D eigenvalue weighted by Gasteiger charge is -2.20. The molecule has 2 atom stereocenters. The van der Waals surface area contributed by atoms with Crippen molar-refractivity contribution in [3.8, 4) is 0 Å². The van der Waals surface area contributed by atoms with Gasteiger partial charge < -0.3 is 5.11 Å². The zero-order chi connectivity index (χ0) is 12.8. The summed E-state index contributed by atoms with van der Waals surface area (Å²) in [7, 11) is 0. The number of carboxylic acids is 1. The summed E-state index contributed by atoms with van der Waals surface area (Å²) >= 11 is 0. The summed E-state index contributed by atoms with van der Waals surface area (Å²) in [6, 6.07) is 7.77. The third kappa shape index (κ3) is 4.19. The van der Waals surface area contributed by atoms with Crippen LogP contribution >= 0.6 is 0 Å². The van der Waals surface area contributed by atoms with E-state index in [1.165, 1.54) is 5.56 Å². The van der Waals surface area contributed by atoms with Gasteiger partial charge in [0.1, 0.15) is 6.04 Å². The minimum Gasteiger partial charge on any atom is -0.480 e. The van der Waals surface area contributed by atoms with Crippen LogP contribution in [0, 0.1) is 6.92 Å². The number of rotatable bonds is 6. The Bertz CT molecular complexity index is 359. The van der Waals surface area contributed by atoms with Crippen molar-refractivity contribution in [3.05, 3.63) is 35.4 Å². The summed E-state index contributed by atoms with van der Waals surface area (Å²) in [5, 5.41) is 12.2. The summed E-state index contributed by atoms with van der Waals surface area (Å²) in [5.74, 6) is -0.772. The van der Waals surface area contributed by atoms with Crippen molar-refractivity contribution >= 4 is 5.97 Å². The minimum absolute atomic E-state index is 0.0586. The van der Waals surface area contributed by atoms with Gasteiger partial charge in [0.2, 0.25) is 0 Å². The molecule has 0 amide bonds. The van der Waals surface area contributed by atoms with Crippen LogP contribution in [0.15, 0.2) is 24.3 Å². The van der Waals surface area contributed by atoms with E-state index in [0.29, 0.717) is 6.42 Å². The number of carbonyl (C=O) groups is 1. The molecule has 0 fully saturated rings. The van der Waals surface area contributed by atoms with Crippen LogP contribution in [0.2, 0.25) is 0 Å². The second kappa shape index (κ2) is 6.40. The van der Waals surface area contributed by atoms with Crippen LogP contribution in [-0.2, 0) is 4.79 Å². The first-order valence-corrected chi connectivity index (χ1v) is 6.10. The van der Waals surface area contributed by atoms with Crippen LogP contribution < -0.4 is 5.32 Å². The fourth-order valence-corrected chi connectivity index (χ4v) is 1.82. The molecule has 3 nitrogen and oxygen atoms in total. The molecule has 1 unspecified atom stereocenters. The van der Waals surface area contributed by atoms with E-state index in [-0.39, 0.29) is 6.04 Å². The molecular weight excluding hydrogens is 214 g/mol. The first-order chi connectivity index (χ1) is 8.04. The predicted molar refractivity (Wildman–Crippen MR) is 69.1 cm³/mol. The van der Waals surface area contributed by atoms with Gasteiger partial charge in [-0.25, -0.2) is 0 Å². The fraction of sp³-hybridized carbons (Fsp3) is 0.500. The van der Waals surface area contributed by atoms with Gasteiger partial charge in [-0.2, -0.15) is 0 Å². The zero-order valence-corrected chi connectivity index (χ0v) is 10.7. The van der Waals surface area contributed by atoms with Crippen LogP contribution in [0.5, 0.6) is 0 Å². The molecule has 0 aliphatic rings. The van der Waals surface area contributed by atoms with E-state index in [2.05, 4.69) is 5.32 Å². The van der Waals surface area contributed by atoms with Crippen LogP contribution in [0.25, 0.3) is 0 Å². The van der Waals surface area contributed by atoms with Crippen molar-refractivity contribution in [1.29, 1.82) is 0 Å². The van der Waals surface area contributed by atoms with Gasteiger partial charge in [0, 0.05) is 6.04 Å². The summed E-state index contributed by atoms with van der Waals surface area (Å²) in [4.78, 5) is 11.0. The lowest BCUT2D eigenvalue weighted by molar-refractivity contribution is -0.139. The molecule has 0 bridgehead atoms. The van der Waals surface area contributed by atoms with Gasteiger partial charge in [-0.1, -0.05) is 43.2 Å². The van der Waals surface area contributed by atoms with E-state index in [0.717, 1.165) is 12.0 Å². The standard InChI is InChI=1S/C14H21NO2/c1-4-5-13(14(16)17)15-11(3)12-8-6-10(2)7-9-12/h6-9,11,13,15H,4-5H2,1-3H3,(H,16,17)/t11-,13?/m1/s1. The fourth-order valence-electron chi connectivity index (χ4n) is 1.82. The maximum absolute atomic E-state index is 11.0. The number of hydrogen-bond acceptors (Lipinski definition) is 2. The van der Waals surface area contributed by atoms with Crippen molar-refractivity contribution in [2.45, 2.75) is 45.7 Å². The number of aliphatic carboxylic acids is 1. The quantitative estimate of drug-likeness (QED) is 0.797. The molecule has 0 aliphatic carbocycles. The minimum atomic E-state index is -0.772. The third-order valence-electron chi connectivity index (χ3n) is 2.90. The Balaban J connectivity index is 2.66. The van der Waals surface area contributed by atoms with Crippen molar-refractivity contribution < 1.29 is 9.90 Å². The largest absolute Gasteiger partial charge is 0.480 e. The summed E-state index contributed by atoms with van der Waals surface area (Å²) < 4.78 is 0. The van der Waals surface area contributed by atoms with E-state index in [4.69, 9.17) is 5.11 Å². The maximum atomic E-state index is 11.0. The highest BCUT2D eigenvalue weighted by molar-refractivity contribution is 5.73. The highest BCUT2D eigenvalue weighted by Gasteiger charge is 2.18. The van der Waals surface area contributed by atoms with Crippen LogP contribution in [-0.4, -0.2) is 17.1 Å². The first-order valence-electron chi connectivity index (χ1n) is 6.10. The third-order valence-corrected chi connectivity index (χ3v) is 2.90. The van der Waals surface area contributed by atoms with E-state index < -0.39 is 12.0 Å². The second-order valence-corrected chi connectivity index (χ2v) is 4.48. The number of benzene rings is 1. The highest BCUT2D eigenvalue weighted by Crippen LogP contribution is 2.14. The molecule has 0 heterocycles. The molecule has 0 saturated heterocycles. The van der Waals surface area contributed by atoms with Crippen LogP contribution in [0.4, 0.5) is 0 Å². The summed E-state index contributed by atoms with van der Waals surface area (Å²) in [6.45, 7) is 6.03. The normalized spacial score (nSPS) is 14.3. The molecule has 0 radical (unpaired) electrons. The Morgan fingerprint density at radius 2 is 1.94 bits per heavy atom. The molecule has 0 aromatic heterocycles. The Kier molecular flexibility index (Phi) is 5.16. The average Bonchev–Trinajstić information content (AvgIpc) is 2.29. The van der Waals surface area contributed by atoms with Gasteiger partial charge in [-0.3, -0.25) is 10.1 Å². The molecule has 2 N–H and O–H groups in total. The topological polar surface area (TPSA) is 49.3 Å². The Morgan fingerprint density at radius 3 is 2.41 bits per heavy atom. The molecule has 94 valence electrons. The molecule has 1 aromatic carbocycles. The van der Waals surface area contributed by atoms with E-state index in [1.807, 2.05) is 45.0 Å². The molecule has 1 rings (SSSR count). The van der Waals surface area contributed by atoms with Gasteiger partial charge in [-0.15, -0.1) is 0 Å². The van der Waals surface area contributed by atoms with Crippen LogP contribution in [0.1, 0.15) is 43.9 Å². The summed E-state index contributed by atoms with van der Waals surface area (Å²) in [5.41, 5.74) is 2.34. The smallest absolute Gasteiger partial charge is 0.320 e. The second-order valence-electron chi connectivity index (χ2n) is 4.48. The molecule has 0 spiro atoms. The monoisotopic (exact) mass is 235 g/mol. The SMILES string of the molecule is CCCC(N[C@H](C)c1ccc(C)cc1)C(=O)O. The number of aryl methyl sites for hydroxylation is 1. The predicted octanol–water partition coefficient (Wildman–Crippen LogP) is 2.90. The summed E-state index contributed by atoms with van der Waals surface area (Å²) in [6.07, 6.45) is 1.52.